The average Bonchev–Trinajstić information content (AvgIpc) is 2.62. The van der Waals surface area contributed by atoms with Gasteiger partial charge in [0, 0.05) is 19.2 Å². The summed E-state index contributed by atoms with van der Waals surface area (Å²) in [6.45, 7) is 0. The quantitative estimate of drug-likeness (QED) is 0.689. The maximum Gasteiger partial charge on any atom is 0.188 e. The lowest BCUT2D eigenvalue weighted by atomic mass is 10.1. The number of anilines is 1. The van der Waals surface area contributed by atoms with Crippen molar-refractivity contribution in [3.8, 4) is 0 Å². The van der Waals surface area contributed by atoms with Gasteiger partial charge in [0.2, 0.25) is 0 Å². The van der Waals surface area contributed by atoms with Crippen LogP contribution in [-0.4, -0.2) is 20.8 Å². The molecule has 0 unspecified atom stereocenters. The fraction of sp³-hybridized carbons (Fsp3) is 0.182. The summed E-state index contributed by atoms with van der Waals surface area (Å²) >= 11 is 3.21. The SMILES string of the molecule is Cn1nnc(Br)c1C(=O)Cc1ccc(N)cc1. The maximum atomic E-state index is 12.0. The third-order valence-corrected chi connectivity index (χ3v) is 2.93. The Labute approximate surface area is 107 Å². The predicted octanol–water partition coefficient (Wildman–Crippen LogP) is 1.59. The molecule has 0 fully saturated rings. The molecule has 0 bridgehead atoms. The second kappa shape index (κ2) is 4.67. The maximum absolute atomic E-state index is 12.0. The van der Waals surface area contributed by atoms with Crippen LogP contribution in [0, 0.1) is 0 Å². The Morgan fingerprint density at radius 2 is 2.06 bits per heavy atom. The molecule has 6 heteroatoms. The number of halogens is 1. The third kappa shape index (κ3) is 2.52. The van der Waals surface area contributed by atoms with Gasteiger partial charge in [-0.25, -0.2) is 4.68 Å². The van der Waals surface area contributed by atoms with Gasteiger partial charge >= 0.3 is 0 Å². The molecule has 1 aromatic heterocycles. The summed E-state index contributed by atoms with van der Waals surface area (Å²) in [4.78, 5) is 12.0. The number of Topliss-reactive ketones (excluding diaryl/α,β-unsaturated/α-hetero) is 1. The van der Waals surface area contributed by atoms with Crippen LogP contribution in [0.2, 0.25) is 0 Å². The van der Waals surface area contributed by atoms with Gasteiger partial charge in [0.15, 0.2) is 10.4 Å². The number of nitrogens with zero attached hydrogens (tertiary/aromatic N) is 3. The summed E-state index contributed by atoms with van der Waals surface area (Å²) in [5, 5.41) is 7.55. The first kappa shape index (κ1) is 11.8. The van der Waals surface area contributed by atoms with Gasteiger partial charge in [-0.05, 0) is 33.6 Å². The van der Waals surface area contributed by atoms with Gasteiger partial charge in [0.25, 0.3) is 0 Å². The van der Waals surface area contributed by atoms with Crippen molar-refractivity contribution < 1.29 is 4.79 Å². The number of benzene rings is 1. The molecule has 0 spiro atoms. The zero-order valence-electron chi connectivity index (χ0n) is 9.22. The first-order valence-corrected chi connectivity index (χ1v) is 5.80. The second-order valence-electron chi connectivity index (χ2n) is 3.69. The number of rotatable bonds is 3. The van der Waals surface area contributed by atoms with Crippen LogP contribution in [0.1, 0.15) is 16.1 Å². The Hall–Kier alpha value is -1.69. The Kier molecular flexibility index (Phi) is 3.23. The predicted molar refractivity (Wildman–Crippen MR) is 67.6 cm³/mol. The standard InChI is InChI=1S/C11H11BrN4O/c1-16-10(11(12)14-15-16)9(17)6-7-2-4-8(13)5-3-7/h2-5H,6,13H2,1H3. The van der Waals surface area contributed by atoms with Crippen molar-refractivity contribution in [2.24, 2.45) is 7.05 Å². The number of carbonyl (C=O) groups excluding carboxylic acids is 1. The van der Waals surface area contributed by atoms with E-state index in [0.717, 1.165) is 5.56 Å². The van der Waals surface area contributed by atoms with E-state index in [9.17, 15) is 4.79 Å². The molecule has 0 aliphatic carbocycles. The van der Waals surface area contributed by atoms with Gasteiger partial charge in [0.1, 0.15) is 5.69 Å². The molecule has 2 rings (SSSR count). The Morgan fingerprint density at radius 3 is 2.59 bits per heavy atom. The lowest BCUT2D eigenvalue weighted by Crippen LogP contribution is -2.10. The molecule has 17 heavy (non-hydrogen) atoms. The Morgan fingerprint density at radius 1 is 1.41 bits per heavy atom. The van der Waals surface area contributed by atoms with E-state index in [1.165, 1.54) is 4.68 Å². The lowest BCUT2D eigenvalue weighted by molar-refractivity contribution is 0.0983. The minimum absolute atomic E-state index is 0.0332. The van der Waals surface area contributed by atoms with Crippen molar-refractivity contribution in [2.75, 3.05) is 5.73 Å². The molecule has 0 saturated carbocycles. The largest absolute Gasteiger partial charge is 0.399 e. The van der Waals surface area contributed by atoms with Crippen LogP contribution in [0.5, 0.6) is 0 Å². The van der Waals surface area contributed by atoms with Crippen molar-refractivity contribution in [2.45, 2.75) is 6.42 Å². The Bertz CT molecular complexity index is 528. The highest BCUT2D eigenvalue weighted by atomic mass is 79.9. The van der Waals surface area contributed by atoms with Gasteiger partial charge in [-0.15, -0.1) is 5.10 Å². The number of aryl methyl sites for hydroxylation is 1. The summed E-state index contributed by atoms with van der Waals surface area (Å²) in [7, 11) is 1.69. The van der Waals surface area contributed by atoms with Crippen LogP contribution in [0.4, 0.5) is 5.69 Å². The van der Waals surface area contributed by atoms with Gasteiger partial charge in [-0.1, -0.05) is 17.3 Å². The van der Waals surface area contributed by atoms with Gasteiger partial charge in [-0.3, -0.25) is 4.79 Å². The van der Waals surface area contributed by atoms with E-state index in [4.69, 9.17) is 5.73 Å². The number of nitrogens with two attached hydrogens (primary N) is 1. The second-order valence-corrected chi connectivity index (χ2v) is 4.45. The molecular weight excluding hydrogens is 284 g/mol. The molecule has 0 aliphatic heterocycles. The summed E-state index contributed by atoms with van der Waals surface area (Å²) in [6.07, 6.45) is 0.306. The van der Waals surface area contributed by atoms with Crippen molar-refractivity contribution in [3.63, 3.8) is 0 Å². The molecule has 0 saturated heterocycles. The smallest absolute Gasteiger partial charge is 0.188 e. The topological polar surface area (TPSA) is 73.8 Å². The van der Waals surface area contributed by atoms with E-state index in [-0.39, 0.29) is 5.78 Å². The van der Waals surface area contributed by atoms with Crippen molar-refractivity contribution in [1.29, 1.82) is 0 Å². The van der Waals surface area contributed by atoms with E-state index in [1.807, 2.05) is 12.1 Å². The van der Waals surface area contributed by atoms with Crippen LogP contribution in [0.15, 0.2) is 28.9 Å². The first-order chi connectivity index (χ1) is 8.08. The first-order valence-electron chi connectivity index (χ1n) is 5.00. The molecule has 0 radical (unpaired) electrons. The number of hydrogen-bond donors (Lipinski definition) is 1. The molecule has 0 atom stereocenters. The van der Waals surface area contributed by atoms with Crippen LogP contribution >= 0.6 is 15.9 Å². The van der Waals surface area contributed by atoms with E-state index >= 15 is 0 Å². The average molecular weight is 295 g/mol. The van der Waals surface area contributed by atoms with E-state index < -0.39 is 0 Å². The molecule has 5 nitrogen and oxygen atoms in total. The zero-order valence-corrected chi connectivity index (χ0v) is 10.8. The zero-order chi connectivity index (χ0) is 12.4. The minimum atomic E-state index is -0.0332. The highest BCUT2D eigenvalue weighted by Gasteiger charge is 2.16. The normalized spacial score (nSPS) is 10.5. The molecule has 88 valence electrons. The summed E-state index contributed by atoms with van der Waals surface area (Å²) in [6, 6.07) is 7.23. The minimum Gasteiger partial charge on any atom is -0.399 e. The molecule has 1 heterocycles. The Balaban J connectivity index is 2.20. The number of ketones is 1. The fourth-order valence-corrected chi connectivity index (χ4v) is 2.08. The van der Waals surface area contributed by atoms with Gasteiger partial charge in [-0.2, -0.15) is 0 Å². The van der Waals surface area contributed by atoms with E-state index in [0.29, 0.717) is 22.4 Å². The molecule has 2 N–H and O–H groups in total. The van der Waals surface area contributed by atoms with Crippen LogP contribution in [0.25, 0.3) is 0 Å². The third-order valence-electron chi connectivity index (χ3n) is 2.39. The van der Waals surface area contributed by atoms with Crippen LogP contribution in [-0.2, 0) is 13.5 Å². The van der Waals surface area contributed by atoms with Crippen molar-refractivity contribution >= 4 is 27.4 Å². The fourth-order valence-electron chi connectivity index (χ4n) is 1.53. The number of hydrogen-bond acceptors (Lipinski definition) is 4. The summed E-state index contributed by atoms with van der Waals surface area (Å²) in [5.41, 5.74) is 7.66. The van der Waals surface area contributed by atoms with Crippen molar-refractivity contribution in [1.82, 2.24) is 15.0 Å². The van der Waals surface area contributed by atoms with Crippen molar-refractivity contribution in [3.05, 3.63) is 40.1 Å². The number of nitrogen functional groups attached to an aromatic ring is 1. The number of carbonyl (C=O) groups is 1. The van der Waals surface area contributed by atoms with Gasteiger partial charge in [0.05, 0.1) is 0 Å². The molecule has 1 aromatic carbocycles. The van der Waals surface area contributed by atoms with Gasteiger partial charge < -0.3 is 5.73 Å². The molecule has 0 aliphatic rings. The molecule has 2 aromatic rings. The highest BCUT2D eigenvalue weighted by Crippen LogP contribution is 2.15. The lowest BCUT2D eigenvalue weighted by Gasteiger charge is -2.02. The monoisotopic (exact) mass is 294 g/mol. The van der Waals surface area contributed by atoms with E-state index in [1.54, 1.807) is 19.2 Å². The van der Waals surface area contributed by atoms with E-state index in [2.05, 4.69) is 26.2 Å². The number of aromatic nitrogens is 3. The molecular formula is C11H11BrN4O. The highest BCUT2D eigenvalue weighted by molar-refractivity contribution is 9.10. The van der Waals surface area contributed by atoms with Crippen LogP contribution < -0.4 is 5.73 Å². The summed E-state index contributed by atoms with van der Waals surface area (Å²) < 4.78 is 1.93. The summed E-state index contributed by atoms with van der Waals surface area (Å²) in [5.74, 6) is -0.0332. The molecule has 0 amide bonds. The van der Waals surface area contributed by atoms with Crippen LogP contribution in [0.3, 0.4) is 0 Å².